The summed E-state index contributed by atoms with van der Waals surface area (Å²) in [5, 5.41) is 14.1. The Kier molecular flexibility index (Phi) is 5.30. The number of nitrogens with one attached hydrogen (secondary N) is 1. The van der Waals surface area contributed by atoms with E-state index < -0.39 is 21.3 Å². The van der Waals surface area contributed by atoms with Crippen LogP contribution < -0.4 is 5.32 Å². The third-order valence-electron chi connectivity index (χ3n) is 3.75. The highest BCUT2D eigenvalue weighted by atomic mass is 35.5. The summed E-state index contributed by atoms with van der Waals surface area (Å²) in [6.45, 7) is 1.94. The molecular weight excluding hydrogens is 386 g/mol. The van der Waals surface area contributed by atoms with E-state index in [1.165, 1.54) is 11.8 Å². The van der Waals surface area contributed by atoms with E-state index in [1.807, 2.05) is 31.2 Å². The number of sulfone groups is 1. The first-order valence-electron chi connectivity index (χ1n) is 7.47. The van der Waals surface area contributed by atoms with Crippen LogP contribution in [0.5, 0.6) is 0 Å². The van der Waals surface area contributed by atoms with E-state index in [2.05, 4.69) is 20.8 Å². The smallest absolute Gasteiger partial charge is 0.230 e. The minimum atomic E-state index is -3.19. The molecule has 2 atom stereocenters. The number of para-hydroxylation sites is 1. The van der Waals surface area contributed by atoms with Crippen LogP contribution in [-0.4, -0.2) is 63.2 Å². The van der Waals surface area contributed by atoms with Crippen LogP contribution >= 0.6 is 23.4 Å². The highest BCUT2D eigenvalue weighted by Gasteiger charge is 2.37. The summed E-state index contributed by atoms with van der Waals surface area (Å²) in [5.74, 6) is -0.486. The third kappa shape index (κ3) is 4.31. The van der Waals surface area contributed by atoms with Gasteiger partial charge < -0.3 is 5.32 Å². The van der Waals surface area contributed by atoms with Crippen LogP contribution in [0.1, 0.15) is 5.56 Å². The number of carbonyl (C=O) groups excluding carboxylic acids is 1. The lowest BCUT2D eigenvalue weighted by atomic mass is 10.2. The second-order valence-corrected chi connectivity index (χ2v) is 9.37. The minimum absolute atomic E-state index is 0.0619. The second-order valence-electron chi connectivity index (χ2n) is 5.72. The van der Waals surface area contributed by atoms with Gasteiger partial charge in [-0.25, -0.2) is 8.42 Å². The lowest BCUT2D eigenvalue weighted by molar-refractivity contribution is -0.119. The maximum Gasteiger partial charge on any atom is 0.230 e. The zero-order chi connectivity index (χ0) is 18.0. The first kappa shape index (κ1) is 18.2. The van der Waals surface area contributed by atoms with Gasteiger partial charge in [0.05, 0.1) is 34.4 Å². The lowest BCUT2D eigenvalue weighted by Gasteiger charge is -2.14. The molecule has 1 aromatic heterocycles. The van der Waals surface area contributed by atoms with Gasteiger partial charge in [0.25, 0.3) is 0 Å². The molecular formula is C14H16ClN5O3S2. The van der Waals surface area contributed by atoms with Crippen LogP contribution in [0.15, 0.2) is 29.4 Å². The fourth-order valence-corrected chi connectivity index (χ4v) is 5.78. The Labute approximate surface area is 154 Å². The molecule has 1 aliphatic heterocycles. The molecule has 1 fully saturated rings. The highest BCUT2D eigenvalue weighted by molar-refractivity contribution is 7.99. The molecule has 1 aromatic carbocycles. The summed E-state index contributed by atoms with van der Waals surface area (Å²) in [7, 11) is -3.19. The number of aromatic nitrogens is 4. The monoisotopic (exact) mass is 401 g/mol. The summed E-state index contributed by atoms with van der Waals surface area (Å²) in [5.41, 5.74) is 1.83. The van der Waals surface area contributed by atoms with Gasteiger partial charge in [0.15, 0.2) is 9.84 Å². The number of alkyl halides is 1. The van der Waals surface area contributed by atoms with Gasteiger partial charge in [-0.05, 0) is 29.0 Å². The van der Waals surface area contributed by atoms with Crippen LogP contribution in [-0.2, 0) is 14.6 Å². The summed E-state index contributed by atoms with van der Waals surface area (Å²) in [4.78, 5) is 12.1. The predicted molar refractivity (Wildman–Crippen MR) is 94.8 cm³/mol. The first-order valence-corrected chi connectivity index (χ1v) is 10.7. The Morgan fingerprint density at radius 1 is 1.40 bits per heavy atom. The van der Waals surface area contributed by atoms with E-state index in [1.54, 1.807) is 4.68 Å². The molecule has 0 aliphatic carbocycles. The van der Waals surface area contributed by atoms with E-state index in [0.29, 0.717) is 5.16 Å². The highest BCUT2D eigenvalue weighted by Crippen LogP contribution is 2.21. The number of rotatable bonds is 5. The van der Waals surface area contributed by atoms with Crippen molar-refractivity contribution < 1.29 is 13.2 Å². The first-order chi connectivity index (χ1) is 11.9. The average molecular weight is 402 g/mol. The van der Waals surface area contributed by atoms with Gasteiger partial charge in [-0.3, -0.25) is 4.79 Å². The quantitative estimate of drug-likeness (QED) is 0.576. The van der Waals surface area contributed by atoms with Gasteiger partial charge in [0.2, 0.25) is 11.1 Å². The number of aryl methyl sites for hydroxylation is 1. The van der Waals surface area contributed by atoms with Crippen LogP contribution in [0.2, 0.25) is 0 Å². The Hall–Kier alpha value is -1.65. The van der Waals surface area contributed by atoms with Gasteiger partial charge in [-0.1, -0.05) is 30.0 Å². The van der Waals surface area contributed by atoms with Crippen molar-refractivity contribution in [2.75, 3.05) is 17.3 Å². The van der Waals surface area contributed by atoms with Crippen LogP contribution in [0.4, 0.5) is 0 Å². The number of tetrazole rings is 1. The van der Waals surface area contributed by atoms with E-state index in [9.17, 15) is 13.2 Å². The maximum absolute atomic E-state index is 12.1. The molecule has 11 heteroatoms. The van der Waals surface area contributed by atoms with Crippen molar-refractivity contribution in [3.63, 3.8) is 0 Å². The minimum Gasteiger partial charge on any atom is -0.350 e. The molecule has 0 radical (unpaired) electrons. The zero-order valence-electron chi connectivity index (χ0n) is 13.3. The molecule has 2 aromatic rings. The number of halogens is 1. The number of hydrogen-bond acceptors (Lipinski definition) is 7. The van der Waals surface area contributed by atoms with Gasteiger partial charge in [0.1, 0.15) is 0 Å². The van der Waals surface area contributed by atoms with Crippen LogP contribution in [0.3, 0.4) is 0 Å². The van der Waals surface area contributed by atoms with E-state index in [-0.39, 0.29) is 23.2 Å². The summed E-state index contributed by atoms with van der Waals surface area (Å²) < 4.78 is 24.6. The van der Waals surface area contributed by atoms with Crippen molar-refractivity contribution in [1.82, 2.24) is 25.5 Å². The molecule has 8 nitrogen and oxygen atoms in total. The van der Waals surface area contributed by atoms with Crippen LogP contribution in [0.25, 0.3) is 5.69 Å². The molecule has 3 rings (SSSR count). The predicted octanol–water partition coefficient (Wildman–Crippen LogP) is 0.583. The number of carbonyl (C=O) groups is 1. The van der Waals surface area contributed by atoms with Gasteiger partial charge in [0, 0.05) is 0 Å². The third-order valence-corrected chi connectivity index (χ3v) is 7.04. The van der Waals surface area contributed by atoms with Crippen LogP contribution in [0, 0.1) is 6.92 Å². The summed E-state index contributed by atoms with van der Waals surface area (Å²) >= 11 is 7.16. The molecule has 1 amide bonds. The number of benzene rings is 1. The molecule has 0 bridgehead atoms. The summed E-state index contributed by atoms with van der Waals surface area (Å²) in [6, 6.07) is 7.07. The largest absolute Gasteiger partial charge is 0.350 e. The number of nitrogens with zero attached hydrogens (tertiary/aromatic N) is 4. The summed E-state index contributed by atoms with van der Waals surface area (Å²) in [6.07, 6.45) is 0. The molecule has 25 heavy (non-hydrogen) atoms. The molecule has 1 saturated heterocycles. The molecule has 134 valence electrons. The molecule has 1 aliphatic rings. The SMILES string of the molecule is Cc1ccccc1-n1nnnc1SCC(=O)N[C@@H]1CS(=O)(=O)C[C@@H]1Cl. The van der Waals surface area contributed by atoms with Crippen molar-refractivity contribution in [2.24, 2.45) is 0 Å². The molecule has 1 N–H and O–H groups in total. The van der Waals surface area contributed by atoms with E-state index >= 15 is 0 Å². The number of amides is 1. The molecule has 0 saturated carbocycles. The van der Waals surface area contributed by atoms with Crippen molar-refractivity contribution in [1.29, 1.82) is 0 Å². The van der Waals surface area contributed by atoms with Crippen molar-refractivity contribution in [3.05, 3.63) is 29.8 Å². The standard InChI is InChI=1S/C14H16ClN5O3S2/c1-9-4-2-3-5-12(9)20-14(17-18-19-20)24-6-13(21)16-11-8-25(22,23)7-10(11)15/h2-5,10-11H,6-8H2,1H3,(H,16,21)/t10-,11+/m0/s1. The molecule has 2 heterocycles. The van der Waals surface area contributed by atoms with E-state index in [0.717, 1.165) is 11.3 Å². The maximum atomic E-state index is 12.1. The fraction of sp³-hybridized carbons (Fsp3) is 0.429. The van der Waals surface area contributed by atoms with Gasteiger partial charge in [-0.2, -0.15) is 4.68 Å². The Morgan fingerprint density at radius 2 is 2.16 bits per heavy atom. The lowest BCUT2D eigenvalue weighted by Crippen LogP contribution is -2.41. The van der Waals surface area contributed by atoms with Gasteiger partial charge >= 0.3 is 0 Å². The number of hydrogen-bond donors (Lipinski definition) is 1. The van der Waals surface area contributed by atoms with Crippen molar-refractivity contribution >= 4 is 39.1 Å². The second kappa shape index (κ2) is 7.30. The number of thioether (sulfide) groups is 1. The topological polar surface area (TPSA) is 107 Å². The zero-order valence-corrected chi connectivity index (χ0v) is 15.7. The Balaban J connectivity index is 1.62. The van der Waals surface area contributed by atoms with Crippen molar-refractivity contribution in [2.45, 2.75) is 23.5 Å². The Morgan fingerprint density at radius 3 is 2.84 bits per heavy atom. The van der Waals surface area contributed by atoms with Gasteiger partial charge in [-0.15, -0.1) is 16.7 Å². The fourth-order valence-electron chi connectivity index (χ4n) is 2.54. The Bertz CT molecular complexity index is 886. The molecule has 0 spiro atoms. The normalized spacial score (nSPS) is 22.0. The van der Waals surface area contributed by atoms with E-state index in [4.69, 9.17) is 11.6 Å². The van der Waals surface area contributed by atoms with Crippen molar-refractivity contribution in [3.8, 4) is 5.69 Å². The molecule has 0 unspecified atom stereocenters. The average Bonchev–Trinajstić information content (AvgIpc) is 3.09.